The van der Waals surface area contributed by atoms with Crippen molar-refractivity contribution in [2.45, 2.75) is 38.4 Å². The van der Waals surface area contributed by atoms with Crippen molar-refractivity contribution in [2.24, 2.45) is 5.73 Å². The second-order valence-corrected chi connectivity index (χ2v) is 5.28. The van der Waals surface area contributed by atoms with Gasteiger partial charge >= 0.3 is 6.18 Å². The van der Waals surface area contributed by atoms with E-state index in [4.69, 9.17) is 26.8 Å². The molecule has 2 N–H and O–H groups in total. The third-order valence-electron chi connectivity index (χ3n) is 2.71. The van der Waals surface area contributed by atoms with Crippen LogP contribution in [0.15, 0.2) is 12.1 Å². The average molecular weight is 326 g/mol. The molecule has 1 aromatic rings. The maximum absolute atomic E-state index is 12.1. The van der Waals surface area contributed by atoms with Gasteiger partial charge in [0.2, 0.25) is 0 Å². The molecule has 0 spiro atoms. The van der Waals surface area contributed by atoms with Crippen LogP contribution in [0.4, 0.5) is 13.2 Å². The number of alkyl halides is 3. The summed E-state index contributed by atoms with van der Waals surface area (Å²) in [7, 11) is 1.45. The summed E-state index contributed by atoms with van der Waals surface area (Å²) in [6, 6.07) is 3.11. The molecule has 0 fully saturated rings. The lowest BCUT2D eigenvalue weighted by Gasteiger charge is -2.17. The first kappa shape index (κ1) is 17.9. The van der Waals surface area contributed by atoms with E-state index in [1.54, 1.807) is 12.1 Å². The molecule has 0 heterocycles. The molecule has 0 bridgehead atoms. The molecule has 21 heavy (non-hydrogen) atoms. The van der Waals surface area contributed by atoms with Gasteiger partial charge in [-0.15, -0.1) is 0 Å². The normalized spacial score (nSPS) is 13.1. The molecule has 0 aliphatic heterocycles. The molecule has 1 aromatic carbocycles. The lowest BCUT2D eigenvalue weighted by atomic mass is 10.1. The second kappa shape index (κ2) is 7.75. The number of halogens is 4. The Morgan fingerprint density at radius 3 is 2.52 bits per heavy atom. The van der Waals surface area contributed by atoms with Gasteiger partial charge in [-0.2, -0.15) is 13.2 Å². The molecule has 7 heteroatoms. The van der Waals surface area contributed by atoms with Crippen LogP contribution in [0, 0.1) is 0 Å². The molecule has 0 aromatic heterocycles. The average Bonchev–Trinajstić information content (AvgIpc) is 2.33. The van der Waals surface area contributed by atoms with Crippen LogP contribution in [-0.4, -0.2) is 25.9 Å². The fraction of sp³-hybridized carbons (Fsp3) is 0.571. The van der Waals surface area contributed by atoms with Gasteiger partial charge in [0.05, 0.1) is 13.7 Å². The van der Waals surface area contributed by atoms with Crippen molar-refractivity contribution in [3.63, 3.8) is 0 Å². The maximum atomic E-state index is 12.1. The van der Waals surface area contributed by atoms with Crippen molar-refractivity contribution in [1.82, 2.24) is 0 Å². The highest BCUT2D eigenvalue weighted by Crippen LogP contribution is 2.35. The van der Waals surface area contributed by atoms with Crippen molar-refractivity contribution in [3.8, 4) is 11.5 Å². The van der Waals surface area contributed by atoms with Crippen molar-refractivity contribution < 1.29 is 22.6 Å². The molecule has 0 saturated carbocycles. The van der Waals surface area contributed by atoms with Gasteiger partial charge in [0, 0.05) is 29.1 Å². The van der Waals surface area contributed by atoms with Gasteiger partial charge in [-0.05, 0) is 25.8 Å². The summed E-state index contributed by atoms with van der Waals surface area (Å²) in [5.41, 5.74) is 6.48. The van der Waals surface area contributed by atoms with Gasteiger partial charge in [0.25, 0.3) is 0 Å². The Morgan fingerprint density at radius 2 is 2.00 bits per heavy atom. The topological polar surface area (TPSA) is 44.5 Å². The first-order valence-corrected chi connectivity index (χ1v) is 6.92. The minimum Gasteiger partial charge on any atom is -0.493 e. The Hall–Kier alpha value is -1.14. The molecule has 1 atom stereocenters. The third kappa shape index (κ3) is 6.44. The van der Waals surface area contributed by atoms with Crippen LogP contribution in [0.3, 0.4) is 0 Å². The molecule has 0 aliphatic rings. The lowest BCUT2D eigenvalue weighted by molar-refractivity contribution is -0.136. The van der Waals surface area contributed by atoms with E-state index in [9.17, 15) is 13.2 Å². The summed E-state index contributed by atoms with van der Waals surface area (Å²) in [5, 5.41) is 0.463. The van der Waals surface area contributed by atoms with E-state index < -0.39 is 12.6 Å². The van der Waals surface area contributed by atoms with Crippen LogP contribution >= 0.6 is 11.6 Å². The van der Waals surface area contributed by atoms with Gasteiger partial charge < -0.3 is 15.2 Å². The van der Waals surface area contributed by atoms with E-state index in [0.717, 1.165) is 5.56 Å². The van der Waals surface area contributed by atoms with E-state index in [2.05, 4.69) is 0 Å². The van der Waals surface area contributed by atoms with Gasteiger partial charge in [-0.25, -0.2) is 0 Å². The summed E-state index contributed by atoms with van der Waals surface area (Å²) in [5.74, 6) is 0.798. The van der Waals surface area contributed by atoms with Gasteiger partial charge in [0.15, 0.2) is 11.5 Å². The van der Waals surface area contributed by atoms with Gasteiger partial charge in [-0.1, -0.05) is 11.6 Å². The van der Waals surface area contributed by atoms with E-state index >= 15 is 0 Å². The zero-order valence-electron chi connectivity index (χ0n) is 12.0. The highest BCUT2D eigenvalue weighted by molar-refractivity contribution is 6.30. The van der Waals surface area contributed by atoms with Crippen molar-refractivity contribution >= 4 is 11.6 Å². The number of hydrogen-bond donors (Lipinski definition) is 1. The molecular formula is C14H19ClF3NO2. The SMILES string of the molecule is COc1cc(Cl)cc(CC(C)N)c1OCCCC(F)(F)F. The number of rotatable bonds is 7. The van der Waals surface area contributed by atoms with Crippen molar-refractivity contribution in [3.05, 3.63) is 22.7 Å². The lowest BCUT2D eigenvalue weighted by Crippen LogP contribution is -2.18. The maximum Gasteiger partial charge on any atom is 0.389 e. The van der Waals surface area contributed by atoms with Crippen LogP contribution in [0.2, 0.25) is 5.02 Å². The van der Waals surface area contributed by atoms with Crippen LogP contribution in [0.1, 0.15) is 25.3 Å². The molecule has 120 valence electrons. The smallest absolute Gasteiger partial charge is 0.389 e. The minimum absolute atomic E-state index is 0.0521. The van der Waals surface area contributed by atoms with E-state index in [-0.39, 0.29) is 19.1 Å². The fourth-order valence-electron chi connectivity index (χ4n) is 1.88. The summed E-state index contributed by atoms with van der Waals surface area (Å²) in [6.45, 7) is 1.77. The van der Waals surface area contributed by atoms with Gasteiger partial charge in [-0.3, -0.25) is 0 Å². The Balaban J connectivity index is 2.82. The zero-order chi connectivity index (χ0) is 16.0. The quantitative estimate of drug-likeness (QED) is 0.772. The molecule has 1 rings (SSSR count). The first-order valence-electron chi connectivity index (χ1n) is 6.54. The summed E-state index contributed by atoms with van der Waals surface area (Å²) in [6.07, 6.45) is -4.69. The van der Waals surface area contributed by atoms with Crippen LogP contribution < -0.4 is 15.2 Å². The van der Waals surface area contributed by atoms with Crippen LogP contribution in [0.5, 0.6) is 11.5 Å². The Labute approximate surface area is 127 Å². The predicted octanol–water partition coefficient (Wildman–Crippen LogP) is 3.96. The second-order valence-electron chi connectivity index (χ2n) is 4.84. The van der Waals surface area contributed by atoms with E-state index in [0.29, 0.717) is 22.9 Å². The molecule has 1 unspecified atom stereocenters. The van der Waals surface area contributed by atoms with Crippen LogP contribution in [0.25, 0.3) is 0 Å². The standard InChI is InChI=1S/C14H19ClF3NO2/c1-9(19)6-10-7-11(15)8-12(20-2)13(10)21-5-3-4-14(16,17)18/h7-9H,3-6,19H2,1-2H3. The van der Waals surface area contributed by atoms with Crippen LogP contribution in [-0.2, 0) is 6.42 Å². The Bertz CT molecular complexity index is 464. The predicted molar refractivity (Wildman–Crippen MR) is 76.1 cm³/mol. The summed E-state index contributed by atoms with van der Waals surface area (Å²) in [4.78, 5) is 0. The highest BCUT2D eigenvalue weighted by Gasteiger charge is 2.26. The largest absolute Gasteiger partial charge is 0.493 e. The van der Waals surface area contributed by atoms with E-state index in [1.807, 2.05) is 6.92 Å². The molecule has 0 radical (unpaired) electrons. The van der Waals surface area contributed by atoms with Gasteiger partial charge in [0.1, 0.15) is 0 Å². The third-order valence-corrected chi connectivity index (χ3v) is 2.93. The number of hydrogen-bond acceptors (Lipinski definition) is 3. The summed E-state index contributed by atoms with van der Waals surface area (Å²) >= 11 is 5.98. The molecule has 0 aliphatic carbocycles. The minimum atomic E-state index is -4.18. The molecular weight excluding hydrogens is 307 g/mol. The first-order chi connectivity index (χ1) is 9.73. The van der Waals surface area contributed by atoms with Crippen molar-refractivity contribution in [1.29, 1.82) is 0 Å². The number of methoxy groups -OCH3 is 1. The Kier molecular flexibility index (Phi) is 6.61. The highest BCUT2D eigenvalue weighted by atomic mass is 35.5. The molecule has 0 saturated heterocycles. The monoisotopic (exact) mass is 325 g/mol. The number of benzene rings is 1. The fourth-order valence-corrected chi connectivity index (χ4v) is 2.11. The number of ether oxygens (including phenoxy) is 2. The van der Waals surface area contributed by atoms with E-state index in [1.165, 1.54) is 7.11 Å². The van der Waals surface area contributed by atoms with Crippen molar-refractivity contribution in [2.75, 3.05) is 13.7 Å². The number of nitrogens with two attached hydrogens (primary N) is 1. The molecule has 3 nitrogen and oxygen atoms in total. The zero-order valence-corrected chi connectivity index (χ0v) is 12.7. The Morgan fingerprint density at radius 1 is 1.33 bits per heavy atom. The molecule has 0 amide bonds. The summed E-state index contributed by atoms with van der Waals surface area (Å²) < 4.78 is 47.0.